The third kappa shape index (κ3) is 7.96. The Balaban J connectivity index is 1.15. The predicted molar refractivity (Wildman–Crippen MR) is 168 cm³/mol. The summed E-state index contributed by atoms with van der Waals surface area (Å²) in [6, 6.07) is 17.3. The lowest BCUT2D eigenvalue weighted by Gasteiger charge is -2.35. The first-order chi connectivity index (χ1) is 21.4. The molecule has 1 saturated carbocycles. The lowest BCUT2D eigenvalue weighted by molar-refractivity contribution is -0.134. The largest absolute Gasteiger partial charge is 0.339 e. The molecule has 11 nitrogen and oxygen atoms in total. The smallest absolute Gasteiger partial charge is 0.270 e. The maximum absolute atomic E-state index is 13.4. The molecule has 5 rings (SSSR count). The molecule has 1 saturated heterocycles. The number of hydrogen-bond acceptors (Lipinski definition) is 7. The van der Waals surface area contributed by atoms with Gasteiger partial charge in [0.25, 0.3) is 11.8 Å². The van der Waals surface area contributed by atoms with E-state index >= 15 is 0 Å². The first-order valence-corrected chi connectivity index (χ1v) is 15.5. The van der Waals surface area contributed by atoms with Crippen molar-refractivity contribution in [3.8, 4) is 0 Å². The molecule has 1 aliphatic carbocycles. The Labute approximate surface area is 258 Å². The van der Waals surface area contributed by atoms with E-state index in [0.717, 1.165) is 57.3 Å². The molecule has 0 bridgehead atoms. The zero-order chi connectivity index (χ0) is 30.9. The highest BCUT2D eigenvalue weighted by Gasteiger charge is 2.32. The first-order valence-electron chi connectivity index (χ1n) is 15.5. The van der Waals surface area contributed by atoms with Crippen molar-refractivity contribution in [1.82, 2.24) is 24.9 Å². The molecular formula is C33H41N7O4. The number of nitrogens with one attached hydrogen (secondary N) is 2. The number of carbonyl (C=O) groups excluding carboxylic acids is 3. The molecule has 2 aliphatic rings. The molecule has 2 N–H and O–H groups in total. The van der Waals surface area contributed by atoms with E-state index in [2.05, 4.69) is 37.9 Å². The van der Waals surface area contributed by atoms with Crippen LogP contribution in [0.25, 0.3) is 0 Å². The van der Waals surface area contributed by atoms with E-state index in [0.29, 0.717) is 24.5 Å². The van der Waals surface area contributed by atoms with E-state index in [-0.39, 0.29) is 30.1 Å². The van der Waals surface area contributed by atoms with Gasteiger partial charge in [0.05, 0.1) is 0 Å². The number of amides is 3. The normalized spacial score (nSPS) is 17.4. The minimum atomic E-state index is -1.01. The first kappa shape index (κ1) is 31.1. The van der Waals surface area contributed by atoms with E-state index < -0.39 is 12.1 Å². The van der Waals surface area contributed by atoms with E-state index in [1.165, 1.54) is 10.2 Å². The van der Waals surface area contributed by atoms with Gasteiger partial charge in [-0.15, -0.1) is 4.91 Å². The number of rotatable bonds is 11. The molecule has 3 amide bonds. The zero-order valence-electron chi connectivity index (χ0n) is 25.2. The monoisotopic (exact) mass is 599 g/mol. The highest BCUT2D eigenvalue weighted by atomic mass is 16.3. The van der Waals surface area contributed by atoms with Crippen molar-refractivity contribution >= 4 is 23.4 Å². The van der Waals surface area contributed by atoms with Crippen molar-refractivity contribution in [3.05, 3.63) is 88.6 Å². The highest BCUT2D eigenvalue weighted by molar-refractivity contribution is 6.00. The number of benzene rings is 2. The van der Waals surface area contributed by atoms with Gasteiger partial charge in [0.1, 0.15) is 11.7 Å². The van der Waals surface area contributed by atoms with Crippen LogP contribution in [-0.4, -0.2) is 75.6 Å². The third-order valence-electron chi connectivity index (χ3n) is 8.74. The molecule has 232 valence electrons. The van der Waals surface area contributed by atoms with Gasteiger partial charge in [0, 0.05) is 58.1 Å². The number of aromatic nitrogens is 2. The average molecular weight is 600 g/mol. The standard InChI is InChI=1S/C33H41N7O4/c1-38-29(16-17-34-38)31(41)36-30(26-10-6-3-7-11-26)32(42)35-27-14-12-24(13-15-27)22-28(37-44)33(43)40-20-18-39(19-21-40)23-25-8-4-2-5-9-25/h2,4-5,8-9,12-17,26,28,30H,3,6-7,10-11,18-23H2,1H3,(H,35,42)(H,36,41)/t28-,30+/m1/s1. The summed E-state index contributed by atoms with van der Waals surface area (Å²) in [6.07, 6.45) is 6.67. The van der Waals surface area contributed by atoms with E-state index in [4.69, 9.17) is 0 Å². The Kier molecular flexibility index (Phi) is 10.5. The van der Waals surface area contributed by atoms with E-state index in [1.54, 1.807) is 48.5 Å². The number of carbonyl (C=O) groups is 3. The molecule has 0 radical (unpaired) electrons. The van der Waals surface area contributed by atoms with Gasteiger partial charge >= 0.3 is 0 Å². The lowest BCUT2D eigenvalue weighted by atomic mass is 9.83. The average Bonchev–Trinajstić information content (AvgIpc) is 3.50. The van der Waals surface area contributed by atoms with Crippen molar-refractivity contribution in [2.24, 2.45) is 18.1 Å². The fourth-order valence-corrected chi connectivity index (χ4v) is 6.19. The van der Waals surface area contributed by atoms with Crippen LogP contribution in [0.3, 0.4) is 0 Å². The van der Waals surface area contributed by atoms with Gasteiger partial charge in [-0.25, -0.2) is 0 Å². The minimum absolute atomic E-state index is 0.0471. The molecule has 2 heterocycles. The minimum Gasteiger partial charge on any atom is -0.339 e. The summed E-state index contributed by atoms with van der Waals surface area (Å²) in [5, 5.41) is 13.1. The Morgan fingerprint density at radius 1 is 0.909 bits per heavy atom. The predicted octanol–water partition coefficient (Wildman–Crippen LogP) is 3.76. The summed E-state index contributed by atoms with van der Waals surface area (Å²) in [6.45, 7) is 3.43. The van der Waals surface area contributed by atoms with Crippen molar-refractivity contribution in [2.75, 3.05) is 31.5 Å². The van der Waals surface area contributed by atoms with Gasteiger partial charge in [0.2, 0.25) is 5.91 Å². The van der Waals surface area contributed by atoms with Crippen LogP contribution < -0.4 is 10.6 Å². The molecular weight excluding hydrogens is 558 g/mol. The number of piperazine rings is 1. The number of nitrogens with zero attached hydrogens (tertiary/aromatic N) is 5. The second-order valence-corrected chi connectivity index (χ2v) is 11.8. The quantitative estimate of drug-likeness (QED) is 0.323. The Morgan fingerprint density at radius 2 is 1.61 bits per heavy atom. The molecule has 2 atom stereocenters. The van der Waals surface area contributed by atoms with Gasteiger partial charge < -0.3 is 15.5 Å². The zero-order valence-corrected chi connectivity index (χ0v) is 25.2. The molecule has 44 heavy (non-hydrogen) atoms. The second-order valence-electron chi connectivity index (χ2n) is 11.8. The van der Waals surface area contributed by atoms with Crippen molar-refractivity contribution in [1.29, 1.82) is 0 Å². The lowest BCUT2D eigenvalue weighted by Crippen LogP contribution is -2.51. The van der Waals surface area contributed by atoms with Gasteiger partial charge in [0.15, 0.2) is 6.04 Å². The number of hydrogen-bond donors (Lipinski definition) is 2. The summed E-state index contributed by atoms with van der Waals surface area (Å²) >= 11 is 0. The number of aryl methyl sites for hydroxylation is 1. The van der Waals surface area contributed by atoms with Crippen LogP contribution in [0.15, 0.2) is 72.0 Å². The maximum atomic E-state index is 13.4. The highest BCUT2D eigenvalue weighted by Crippen LogP contribution is 2.27. The summed E-state index contributed by atoms with van der Waals surface area (Å²) < 4.78 is 1.49. The molecule has 0 unspecified atom stereocenters. The topological polar surface area (TPSA) is 129 Å². The maximum Gasteiger partial charge on any atom is 0.270 e. The van der Waals surface area contributed by atoms with Crippen LogP contribution in [0.5, 0.6) is 0 Å². The van der Waals surface area contributed by atoms with E-state index in [1.807, 2.05) is 18.2 Å². The van der Waals surface area contributed by atoms with Gasteiger partial charge in [-0.3, -0.25) is 24.0 Å². The molecule has 11 heteroatoms. The fourth-order valence-electron chi connectivity index (χ4n) is 6.19. The van der Waals surface area contributed by atoms with Gasteiger partial charge in [-0.05, 0) is 48.1 Å². The SMILES string of the molecule is Cn1nccc1C(=O)N[C@H](C(=O)Nc1ccc(C[C@@H](N=O)C(=O)N2CCN(Cc3ccccc3)CC2)cc1)C1CCCCC1. The van der Waals surface area contributed by atoms with Crippen LogP contribution in [0.4, 0.5) is 5.69 Å². The summed E-state index contributed by atoms with van der Waals surface area (Å²) in [4.78, 5) is 55.3. The van der Waals surface area contributed by atoms with Crippen molar-refractivity contribution < 1.29 is 14.4 Å². The number of anilines is 1. The Morgan fingerprint density at radius 3 is 2.25 bits per heavy atom. The Bertz CT molecular complexity index is 1410. The van der Waals surface area contributed by atoms with Crippen molar-refractivity contribution in [3.63, 3.8) is 0 Å². The van der Waals surface area contributed by atoms with Gasteiger partial charge in [-0.2, -0.15) is 5.10 Å². The summed E-state index contributed by atoms with van der Waals surface area (Å²) in [5.41, 5.74) is 2.98. The second kappa shape index (κ2) is 14.9. The van der Waals surface area contributed by atoms with Crippen molar-refractivity contribution in [2.45, 2.75) is 57.2 Å². The van der Waals surface area contributed by atoms with Crippen LogP contribution >= 0.6 is 0 Å². The van der Waals surface area contributed by atoms with Crippen LogP contribution in [0.2, 0.25) is 0 Å². The van der Waals surface area contributed by atoms with Crippen LogP contribution in [-0.2, 0) is 29.6 Å². The summed E-state index contributed by atoms with van der Waals surface area (Å²) in [5.74, 6) is -0.808. The molecule has 2 fully saturated rings. The van der Waals surface area contributed by atoms with Gasteiger partial charge in [-0.1, -0.05) is 66.9 Å². The molecule has 3 aromatic rings. The van der Waals surface area contributed by atoms with Crippen LogP contribution in [0.1, 0.15) is 53.7 Å². The fraction of sp³-hybridized carbons (Fsp3) is 0.455. The molecule has 1 aliphatic heterocycles. The van der Waals surface area contributed by atoms with Crippen LogP contribution in [0, 0.1) is 10.8 Å². The molecule has 2 aromatic carbocycles. The molecule has 1 aromatic heterocycles. The summed E-state index contributed by atoms with van der Waals surface area (Å²) in [7, 11) is 1.69. The Hall–Kier alpha value is -4.38. The number of nitroso groups, excluding NO2 is 1. The third-order valence-corrected chi connectivity index (χ3v) is 8.74. The van der Waals surface area contributed by atoms with E-state index in [9.17, 15) is 19.3 Å². The molecule has 0 spiro atoms.